The lowest BCUT2D eigenvalue weighted by Gasteiger charge is -2.25. The number of amides is 1. The minimum Gasteiger partial charge on any atom is -0.342 e. The number of hydrogen-bond donors (Lipinski definition) is 0. The largest absolute Gasteiger partial charge is 0.342 e. The van der Waals surface area contributed by atoms with E-state index in [0.29, 0.717) is 25.3 Å². The molecule has 0 N–H and O–H groups in total. The summed E-state index contributed by atoms with van der Waals surface area (Å²) in [6.07, 6.45) is 2.93. The molecule has 0 aromatic rings. The molecule has 1 amide bonds. The first-order valence-corrected chi connectivity index (χ1v) is 6.42. The zero-order valence-electron chi connectivity index (χ0n) is 8.32. The Balaban J connectivity index is 2.27. The average Bonchev–Trinajstić information content (AvgIpc) is 2.08. The van der Waals surface area contributed by atoms with Crippen LogP contribution in [0, 0.1) is 0 Å². The lowest BCUT2D eigenvalue weighted by atomic mass is 10.1. The molecule has 1 heterocycles. The number of likely N-dealkylation sites (tertiary alicyclic amines) is 1. The molecule has 80 valence electrons. The van der Waals surface area contributed by atoms with Crippen LogP contribution in [0.25, 0.3) is 0 Å². The first kappa shape index (κ1) is 11.4. The van der Waals surface area contributed by atoms with Crippen LogP contribution in [-0.2, 0) is 20.4 Å². The van der Waals surface area contributed by atoms with Crippen molar-refractivity contribution < 1.29 is 13.8 Å². The molecule has 1 unspecified atom stereocenters. The zero-order chi connectivity index (χ0) is 10.6. The van der Waals surface area contributed by atoms with Crippen LogP contribution in [0.1, 0.15) is 19.3 Å². The Bertz CT molecular complexity index is 265. The fourth-order valence-corrected chi connectivity index (χ4v) is 1.98. The summed E-state index contributed by atoms with van der Waals surface area (Å²) in [6.45, 7) is 1.17. The average molecular weight is 217 g/mol. The van der Waals surface area contributed by atoms with Crippen LogP contribution < -0.4 is 0 Å². The van der Waals surface area contributed by atoms with Crippen molar-refractivity contribution in [2.45, 2.75) is 19.3 Å². The number of hydrogen-bond acceptors (Lipinski definition) is 3. The number of Topliss-reactive ketones (excluding diaryl/α,β-unsaturated/α-hetero) is 1. The first-order valence-electron chi connectivity index (χ1n) is 4.69. The van der Waals surface area contributed by atoms with Crippen LogP contribution in [0.3, 0.4) is 0 Å². The van der Waals surface area contributed by atoms with E-state index in [1.165, 1.54) is 0 Å². The normalized spacial score (nSPS) is 19.9. The lowest BCUT2D eigenvalue weighted by Crippen LogP contribution is -2.39. The monoisotopic (exact) mass is 217 g/mol. The molecular formula is C9H15NO3S. The predicted octanol–water partition coefficient (Wildman–Crippen LogP) is -0.0535. The van der Waals surface area contributed by atoms with Crippen LogP contribution in [0.15, 0.2) is 0 Å². The third-order valence-electron chi connectivity index (χ3n) is 2.22. The molecule has 0 aromatic heterocycles. The van der Waals surface area contributed by atoms with Crippen molar-refractivity contribution in [1.82, 2.24) is 4.90 Å². The highest BCUT2D eigenvalue weighted by atomic mass is 32.2. The summed E-state index contributed by atoms with van der Waals surface area (Å²) in [6, 6.07) is 0. The van der Waals surface area contributed by atoms with E-state index in [1.54, 1.807) is 11.2 Å². The number of carbonyl (C=O) groups excluding carboxylic acids is 2. The molecule has 14 heavy (non-hydrogen) atoms. The van der Waals surface area contributed by atoms with Crippen molar-refractivity contribution in [3.8, 4) is 0 Å². The Kier molecular flexibility index (Phi) is 4.25. The fourth-order valence-electron chi connectivity index (χ4n) is 1.45. The molecule has 1 aliphatic rings. The molecule has 0 spiro atoms. The highest BCUT2D eigenvalue weighted by Crippen LogP contribution is 2.07. The van der Waals surface area contributed by atoms with E-state index in [1.807, 2.05) is 0 Å². The Hall–Kier alpha value is -0.710. The Morgan fingerprint density at radius 1 is 1.43 bits per heavy atom. The van der Waals surface area contributed by atoms with Gasteiger partial charge >= 0.3 is 0 Å². The van der Waals surface area contributed by atoms with Crippen molar-refractivity contribution in [1.29, 1.82) is 0 Å². The van der Waals surface area contributed by atoms with Gasteiger partial charge in [0, 0.05) is 42.3 Å². The second kappa shape index (κ2) is 5.24. The maximum atomic E-state index is 11.3. The van der Waals surface area contributed by atoms with Crippen LogP contribution in [0.4, 0.5) is 0 Å². The summed E-state index contributed by atoms with van der Waals surface area (Å²) < 4.78 is 10.8. The third kappa shape index (κ3) is 3.57. The molecule has 5 heteroatoms. The molecule has 1 aliphatic heterocycles. The molecular weight excluding hydrogens is 202 g/mol. The summed E-state index contributed by atoms with van der Waals surface area (Å²) in [5.41, 5.74) is 0. The number of carbonyl (C=O) groups is 2. The van der Waals surface area contributed by atoms with Crippen LogP contribution in [0.5, 0.6) is 0 Å². The van der Waals surface area contributed by atoms with E-state index in [9.17, 15) is 13.8 Å². The second-order valence-electron chi connectivity index (χ2n) is 3.48. The van der Waals surface area contributed by atoms with Gasteiger partial charge in [-0.05, 0) is 6.42 Å². The zero-order valence-corrected chi connectivity index (χ0v) is 9.14. The van der Waals surface area contributed by atoms with Gasteiger partial charge in [-0.25, -0.2) is 0 Å². The number of ketones is 1. The molecule has 1 atom stereocenters. The minimum absolute atomic E-state index is 0.0327. The van der Waals surface area contributed by atoms with E-state index in [4.69, 9.17) is 0 Å². The molecule has 1 fully saturated rings. The van der Waals surface area contributed by atoms with E-state index in [-0.39, 0.29) is 18.1 Å². The molecule has 0 aromatic carbocycles. The Morgan fingerprint density at radius 2 is 2.14 bits per heavy atom. The van der Waals surface area contributed by atoms with Gasteiger partial charge in [0.25, 0.3) is 0 Å². The molecule has 0 aliphatic carbocycles. The summed E-state index contributed by atoms with van der Waals surface area (Å²) >= 11 is 0. The van der Waals surface area contributed by atoms with Gasteiger partial charge in [-0.2, -0.15) is 0 Å². The summed E-state index contributed by atoms with van der Waals surface area (Å²) in [5, 5.41) is 0. The van der Waals surface area contributed by atoms with Gasteiger partial charge in [-0.3, -0.25) is 13.8 Å². The number of piperidine rings is 1. The minimum atomic E-state index is -0.793. The second-order valence-corrected chi connectivity index (χ2v) is 5.03. The third-order valence-corrected chi connectivity index (χ3v) is 3.09. The Morgan fingerprint density at radius 3 is 2.71 bits per heavy atom. The summed E-state index contributed by atoms with van der Waals surface area (Å²) in [5.74, 6) is 0.575. The first-order chi connectivity index (χ1) is 6.59. The van der Waals surface area contributed by atoms with Crippen molar-refractivity contribution >= 4 is 22.5 Å². The van der Waals surface area contributed by atoms with Gasteiger partial charge in [0.1, 0.15) is 5.78 Å². The predicted molar refractivity (Wildman–Crippen MR) is 54.4 cm³/mol. The van der Waals surface area contributed by atoms with E-state index in [0.717, 1.165) is 6.42 Å². The summed E-state index contributed by atoms with van der Waals surface area (Å²) in [7, 11) is -0.793. The number of nitrogens with zero attached hydrogens (tertiary/aromatic N) is 1. The van der Waals surface area contributed by atoms with Crippen LogP contribution in [-0.4, -0.2) is 45.9 Å². The molecule has 0 saturated carbocycles. The smallest absolute Gasteiger partial charge is 0.230 e. The van der Waals surface area contributed by atoms with Crippen molar-refractivity contribution in [3.05, 3.63) is 0 Å². The Labute approximate surface area is 86.1 Å². The van der Waals surface area contributed by atoms with Crippen molar-refractivity contribution in [2.24, 2.45) is 0 Å². The van der Waals surface area contributed by atoms with E-state index >= 15 is 0 Å². The van der Waals surface area contributed by atoms with E-state index < -0.39 is 10.8 Å². The number of rotatable bonds is 4. The molecule has 0 radical (unpaired) electrons. The topological polar surface area (TPSA) is 54.5 Å². The molecule has 1 rings (SSSR count). The van der Waals surface area contributed by atoms with Gasteiger partial charge < -0.3 is 4.90 Å². The van der Waals surface area contributed by atoms with E-state index in [2.05, 4.69) is 0 Å². The maximum absolute atomic E-state index is 11.3. The highest BCUT2D eigenvalue weighted by Gasteiger charge is 2.22. The van der Waals surface area contributed by atoms with Gasteiger partial charge in [-0.15, -0.1) is 0 Å². The van der Waals surface area contributed by atoms with Gasteiger partial charge in [0.15, 0.2) is 0 Å². The quantitative estimate of drug-likeness (QED) is 0.620. The van der Waals surface area contributed by atoms with Crippen LogP contribution in [0.2, 0.25) is 0 Å². The van der Waals surface area contributed by atoms with Gasteiger partial charge in [-0.1, -0.05) is 0 Å². The van der Waals surface area contributed by atoms with Gasteiger partial charge in [0.05, 0.1) is 6.42 Å². The maximum Gasteiger partial charge on any atom is 0.230 e. The molecule has 0 bridgehead atoms. The standard InChI is InChI=1S/C9H15NO3S/c1-14(13)6-2-4-10-5-3-8(11)7-9(10)12/h2-7H2,1H3. The summed E-state index contributed by atoms with van der Waals surface area (Å²) in [4.78, 5) is 23.9. The lowest BCUT2D eigenvalue weighted by molar-refractivity contribution is -0.139. The fraction of sp³-hybridized carbons (Fsp3) is 0.778. The van der Waals surface area contributed by atoms with Crippen molar-refractivity contribution in [2.75, 3.05) is 25.1 Å². The highest BCUT2D eigenvalue weighted by molar-refractivity contribution is 7.84. The van der Waals surface area contributed by atoms with Gasteiger partial charge in [0.2, 0.25) is 5.91 Å². The molecule has 4 nitrogen and oxygen atoms in total. The van der Waals surface area contributed by atoms with Crippen molar-refractivity contribution in [3.63, 3.8) is 0 Å². The van der Waals surface area contributed by atoms with Crippen LogP contribution >= 0.6 is 0 Å². The SMILES string of the molecule is CS(=O)CCCN1CCC(=O)CC1=O. The molecule has 1 saturated heterocycles.